The van der Waals surface area contributed by atoms with Crippen molar-refractivity contribution in [3.05, 3.63) is 41.5 Å². The molecule has 4 saturated carbocycles. The zero-order valence-electron chi connectivity index (χ0n) is 21.0. The summed E-state index contributed by atoms with van der Waals surface area (Å²) in [4.78, 5) is 44.5. The lowest BCUT2D eigenvalue weighted by molar-refractivity contribution is -0.161. The topological polar surface area (TPSA) is 57.7 Å². The first kappa shape index (κ1) is 23.0. The minimum absolute atomic E-state index is 0.101. The van der Waals surface area contributed by atoms with Gasteiger partial charge in [-0.15, -0.1) is 0 Å². The number of nitrogens with zero attached hydrogens (tertiary/aromatic N) is 2. The summed E-state index contributed by atoms with van der Waals surface area (Å²) in [5, 5.41) is 0. The van der Waals surface area contributed by atoms with Crippen LogP contribution in [0.4, 0.5) is 5.69 Å². The van der Waals surface area contributed by atoms with Crippen molar-refractivity contribution in [1.82, 2.24) is 4.90 Å². The van der Waals surface area contributed by atoms with Crippen LogP contribution in [0.25, 0.3) is 0 Å². The molecule has 5 fully saturated rings. The number of benzene rings is 1. The molecule has 7 rings (SSSR count). The van der Waals surface area contributed by atoms with E-state index in [0.717, 1.165) is 44.1 Å². The highest BCUT2D eigenvalue weighted by atomic mass is 16.2. The van der Waals surface area contributed by atoms with Crippen molar-refractivity contribution in [3.63, 3.8) is 0 Å². The molecule has 1 heterocycles. The molecule has 4 bridgehead atoms. The van der Waals surface area contributed by atoms with Crippen molar-refractivity contribution in [1.29, 1.82) is 0 Å². The van der Waals surface area contributed by atoms with Crippen LogP contribution in [0, 0.1) is 30.1 Å². The number of hydrogen-bond acceptors (Lipinski definition) is 3. The Morgan fingerprint density at radius 2 is 1.66 bits per heavy atom. The van der Waals surface area contributed by atoms with E-state index < -0.39 is 6.04 Å². The molecule has 1 aromatic rings. The van der Waals surface area contributed by atoms with Gasteiger partial charge in [-0.25, -0.2) is 4.90 Å². The van der Waals surface area contributed by atoms with E-state index in [1.54, 1.807) is 0 Å². The van der Waals surface area contributed by atoms with Crippen LogP contribution in [0.1, 0.15) is 82.6 Å². The van der Waals surface area contributed by atoms with Gasteiger partial charge in [0.05, 0.1) is 17.5 Å². The molecule has 0 aromatic heterocycles. The normalized spacial score (nSPS) is 33.9. The van der Waals surface area contributed by atoms with Crippen LogP contribution in [0.5, 0.6) is 0 Å². The summed E-state index contributed by atoms with van der Waals surface area (Å²) in [6.45, 7) is 2.55. The van der Waals surface area contributed by atoms with Gasteiger partial charge in [-0.2, -0.15) is 0 Å². The minimum atomic E-state index is -0.673. The Labute approximate surface area is 208 Å². The number of imide groups is 1. The zero-order valence-corrected chi connectivity index (χ0v) is 21.0. The van der Waals surface area contributed by atoms with Gasteiger partial charge in [-0.3, -0.25) is 14.4 Å². The summed E-state index contributed by atoms with van der Waals surface area (Å²) in [6.07, 6.45) is 14.7. The van der Waals surface area contributed by atoms with Crippen molar-refractivity contribution in [3.8, 4) is 0 Å². The summed E-state index contributed by atoms with van der Waals surface area (Å²) < 4.78 is 0. The van der Waals surface area contributed by atoms with Gasteiger partial charge in [0, 0.05) is 6.54 Å². The molecular formula is C30H38N2O3. The predicted molar refractivity (Wildman–Crippen MR) is 136 cm³/mol. The first-order valence-corrected chi connectivity index (χ1v) is 13.8. The van der Waals surface area contributed by atoms with Crippen molar-refractivity contribution < 1.29 is 14.4 Å². The number of carbonyl (C=O) groups is 3. The first-order chi connectivity index (χ1) is 16.9. The Kier molecular flexibility index (Phi) is 5.85. The monoisotopic (exact) mass is 474 g/mol. The third kappa shape index (κ3) is 4.15. The second kappa shape index (κ2) is 8.90. The molecule has 1 aromatic carbocycles. The molecule has 0 spiro atoms. The third-order valence-corrected chi connectivity index (χ3v) is 9.60. The van der Waals surface area contributed by atoms with Gasteiger partial charge >= 0.3 is 0 Å². The third-order valence-electron chi connectivity index (χ3n) is 9.60. The van der Waals surface area contributed by atoms with Crippen LogP contribution < -0.4 is 4.90 Å². The quantitative estimate of drug-likeness (QED) is 0.400. The molecule has 0 radical (unpaired) electrons. The number of carbonyl (C=O) groups excluding carboxylic acids is 3. The van der Waals surface area contributed by atoms with Gasteiger partial charge in [0.2, 0.25) is 11.8 Å². The van der Waals surface area contributed by atoms with Crippen LogP contribution in [-0.4, -0.2) is 35.2 Å². The smallest absolute Gasteiger partial charge is 0.257 e. The number of allylic oxidation sites excluding steroid dienone is 1. The molecule has 35 heavy (non-hydrogen) atoms. The first-order valence-electron chi connectivity index (χ1n) is 13.8. The zero-order chi connectivity index (χ0) is 24.2. The van der Waals surface area contributed by atoms with Crippen LogP contribution >= 0.6 is 0 Å². The molecule has 186 valence electrons. The molecule has 5 heteroatoms. The summed E-state index contributed by atoms with van der Waals surface area (Å²) in [5.41, 5.74) is 2.80. The highest BCUT2D eigenvalue weighted by Gasteiger charge is 2.57. The summed E-state index contributed by atoms with van der Waals surface area (Å²) >= 11 is 0. The van der Waals surface area contributed by atoms with Crippen LogP contribution in [0.2, 0.25) is 0 Å². The van der Waals surface area contributed by atoms with Gasteiger partial charge in [-0.05, 0) is 107 Å². The van der Waals surface area contributed by atoms with E-state index >= 15 is 0 Å². The Hall–Kier alpha value is -2.43. The van der Waals surface area contributed by atoms with Crippen LogP contribution in [-0.2, 0) is 14.4 Å². The van der Waals surface area contributed by atoms with E-state index in [2.05, 4.69) is 6.08 Å². The van der Waals surface area contributed by atoms with E-state index in [1.165, 1.54) is 42.6 Å². The Morgan fingerprint density at radius 1 is 1.00 bits per heavy atom. The molecule has 1 aliphatic heterocycles. The Morgan fingerprint density at radius 3 is 2.26 bits per heavy atom. The number of rotatable bonds is 6. The van der Waals surface area contributed by atoms with Crippen molar-refractivity contribution in [2.24, 2.45) is 23.2 Å². The Bertz CT molecular complexity index is 1020. The molecule has 0 N–H and O–H groups in total. The molecular weight excluding hydrogens is 436 g/mol. The van der Waals surface area contributed by atoms with Gasteiger partial charge < -0.3 is 4.90 Å². The van der Waals surface area contributed by atoms with Gasteiger partial charge in [0.25, 0.3) is 5.91 Å². The largest absolute Gasteiger partial charge is 0.329 e. The van der Waals surface area contributed by atoms with Gasteiger partial charge in [-0.1, -0.05) is 29.3 Å². The molecule has 1 unspecified atom stereocenters. The average molecular weight is 475 g/mol. The van der Waals surface area contributed by atoms with Gasteiger partial charge in [0.15, 0.2) is 0 Å². The second-order valence-electron chi connectivity index (χ2n) is 12.2. The average Bonchev–Trinajstić information content (AvgIpc) is 3.13. The number of aryl methyl sites for hydroxylation is 1. The van der Waals surface area contributed by atoms with E-state index in [4.69, 9.17) is 0 Å². The van der Waals surface area contributed by atoms with Gasteiger partial charge in [0.1, 0.15) is 6.04 Å². The fourth-order valence-electron chi connectivity index (χ4n) is 8.30. The molecule has 6 aliphatic rings. The number of hydrogen-bond donors (Lipinski definition) is 0. The number of anilines is 1. The molecule has 1 saturated heterocycles. The summed E-state index contributed by atoms with van der Waals surface area (Å²) in [6, 6.07) is 6.86. The standard InChI is InChI=1S/C30H38N2O3/c1-20-7-9-25(10-8-20)32-27(33)16-26(28(32)34)31(12-11-21-5-3-2-4-6-21)29(35)30-17-22-13-23(18-30)15-24(14-22)19-30/h5,7-10,22-24,26H,2-4,6,11-19H2,1H3. The lowest BCUT2D eigenvalue weighted by atomic mass is 9.49. The SMILES string of the molecule is Cc1ccc(N2C(=O)CC(N(CCC3=CCCCC3)C(=O)C34CC5CC(CC(C5)C3)C4)C2=O)cc1. The minimum Gasteiger partial charge on any atom is -0.329 e. The molecule has 5 aliphatic carbocycles. The predicted octanol–water partition coefficient (Wildman–Crippen LogP) is 5.56. The van der Waals surface area contributed by atoms with E-state index in [0.29, 0.717) is 30.0 Å². The lowest BCUT2D eigenvalue weighted by Crippen LogP contribution is -2.57. The van der Waals surface area contributed by atoms with Crippen LogP contribution in [0.15, 0.2) is 35.9 Å². The highest BCUT2D eigenvalue weighted by Crippen LogP contribution is 2.60. The summed E-state index contributed by atoms with van der Waals surface area (Å²) in [7, 11) is 0. The van der Waals surface area contributed by atoms with E-state index in [-0.39, 0.29) is 29.6 Å². The maximum absolute atomic E-state index is 14.4. The highest BCUT2D eigenvalue weighted by molar-refractivity contribution is 6.23. The molecule has 1 atom stereocenters. The van der Waals surface area contributed by atoms with E-state index in [1.807, 2.05) is 36.1 Å². The fourth-order valence-corrected chi connectivity index (χ4v) is 8.30. The molecule has 5 nitrogen and oxygen atoms in total. The van der Waals surface area contributed by atoms with Crippen LogP contribution in [0.3, 0.4) is 0 Å². The molecule has 3 amide bonds. The maximum atomic E-state index is 14.4. The summed E-state index contributed by atoms with van der Waals surface area (Å²) in [5.74, 6) is 1.75. The Balaban J connectivity index is 1.29. The van der Waals surface area contributed by atoms with E-state index in [9.17, 15) is 14.4 Å². The second-order valence-corrected chi connectivity index (χ2v) is 12.2. The lowest BCUT2D eigenvalue weighted by Gasteiger charge is -2.57. The van der Waals surface area contributed by atoms with Crippen molar-refractivity contribution >= 4 is 23.4 Å². The maximum Gasteiger partial charge on any atom is 0.257 e. The number of amides is 3. The van der Waals surface area contributed by atoms with Crippen molar-refractivity contribution in [2.75, 3.05) is 11.4 Å². The van der Waals surface area contributed by atoms with Crippen molar-refractivity contribution in [2.45, 2.75) is 90.0 Å². The fraction of sp³-hybridized carbons (Fsp3) is 0.633.